The van der Waals surface area contributed by atoms with Gasteiger partial charge in [-0.3, -0.25) is 0 Å². The Morgan fingerprint density at radius 2 is 2.00 bits per heavy atom. The van der Waals surface area contributed by atoms with Crippen molar-refractivity contribution in [3.05, 3.63) is 0 Å². The van der Waals surface area contributed by atoms with Gasteiger partial charge >= 0.3 is 0 Å². The second kappa shape index (κ2) is 1.86. The molecule has 2 unspecified atom stereocenters. The van der Waals surface area contributed by atoms with E-state index in [1.807, 2.05) is 0 Å². The van der Waals surface area contributed by atoms with Crippen molar-refractivity contribution >= 4 is 22.6 Å². The molecule has 0 aromatic carbocycles. The molecule has 2 aliphatic carbocycles. The van der Waals surface area contributed by atoms with Crippen molar-refractivity contribution in [3.63, 3.8) is 0 Å². The van der Waals surface area contributed by atoms with Crippen LogP contribution in [0, 0.1) is 11.8 Å². The first-order valence-electron chi connectivity index (χ1n) is 3.91. The van der Waals surface area contributed by atoms with Crippen molar-refractivity contribution in [1.82, 2.24) is 0 Å². The molecule has 3 atom stereocenters. The average Bonchev–Trinajstić information content (AvgIpc) is 1.93. The third kappa shape index (κ3) is 0.765. The van der Waals surface area contributed by atoms with Crippen LogP contribution in [-0.2, 0) is 0 Å². The second-order valence-corrected chi connectivity index (χ2v) is 5.84. The molecule has 2 aliphatic rings. The summed E-state index contributed by atoms with van der Waals surface area (Å²) in [5, 5.41) is 0. The fraction of sp³-hybridized carbons (Fsp3) is 1.00. The Hall–Kier alpha value is 0.730. The highest BCUT2D eigenvalue weighted by atomic mass is 127. The molecule has 0 nitrogen and oxygen atoms in total. The van der Waals surface area contributed by atoms with Crippen molar-refractivity contribution in [2.24, 2.45) is 11.8 Å². The zero-order valence-corrected chi connectivity index (χ0v) is 8.02. The van der Waals surface area contributed by atoms with Crippen LogP contribution in [0.25, 0.3) is 0 Å². The van der Waals surface area contributed by atoms with Gasteiger partial charge in [-0.05, 0) is 37.5 Å². The summed E-state index contributed by atoms with van der Waals surface area (Å²) in [5.41, 5.74) is 0. The van der Waals surface area contributed by atoms with Gasteiger partial charge in [-0.25, -0.2) is 0 Å². The summed E-state index contributed by atoms with van der Waals surface area (Å²) in [4.78, 5) is 0. The minimum Gasteiger partial charge on any atom is -0.0786 e. The van der Waals surface area contributed by atoms with Crippen LogP contribution < -0.4 is 0 Å². The zero-order valence-electron chi connectivity index (χ0n) is 5.86. The smallest absolute Gasteiger partial charge is 0.0253 e. The average molecular weight is 236 g/mol. The van der Waals surface area contributed by atoms with E-state index in [1.54, 1.807) is 0 Å². The summed E-state index contributed by atoms with van der Waals surface area (Å²) in [7, 11) is 0. The summed E-state index contributed by atoms with van der Waals surface area (Å²) in [6, 6.07) is 0. The van der Waals surface area contributed by atoms with Gasteiger partial charge in [0.2, 0.25) is 0 Å². The predicted octanol–water partition coefficient (Wildman–Crippen LogP) is 3.00. The van der Waals surface area contributed by atoms with E-state index in [-0.39, 0.29) is 0 Å². The lowest BCUT2D eigenvalue weighted by Crippen LogP contribution is -2.38. The largest absolute Gasteiger partial charge is 0.0786 e. The normalized spacial score (nSPS) is 56.7. The summed E-state index contributed by atoms with van der Waals surface area (Å²) in [5.74, 6) is 2.13. The molecule has 0 spiro atoms. The van der Waals surface area contributed by atoms with E-state index in [9.17, 15) is 0 Å². The molecule has 0 bridgehead atoms. The topological polar surface area (TPSA) is 0 Å². The van der Waals surface area contributed by atoms with E-state index < -0.39 is 0 Å². The number of halogens is 1. The number of alkyl halides is 1. The van der Waals surface area contributed by atoms with E-state index in [0.717, 1.165) is 15.3 Å². The van der Waals surface area contributed by atoms with Gasteiger partial charge in [0.15, 0.2) is 0 Å². The Balaban J connectivity index is 2.15. The maximum absolute atomic E-state index is 2.69. The van der Waals surface area contributed by atoms with Gasteiger partial charge in [-0.1, -0.05) is 29.5 Å². The third-order valence-electron chi connectivity index (χ3n) is 3.24. The Kier molecular flexibility index (Phi) is 1.33. The molecule has 0 heterocycles. The highest BCUT2D eigenvalue weighted by Crippen LogP contribution is 2.58. The van der Waals surface area contributed by atoms with E-state index in [4.69, 9.17) is 0 Å². The molecule has 0 amide bonds. The first-order valence-corrected chi connectivity index (χ1v) is 4.99. The molecule has 0 N–H and O–H groups in total. The van der Waals surface area contributed by atoms with E-state index in [2.05, 4.69) is 29.5 Å². The van der Waals surface area contributed by atoms with Crippen LogP contribution >= 0.6 is 22.6 Å². The Bertz CT molecular complexity index is 133. The maximum Gasteiger partial charge on any atom is 0.0253 e. The SMILES string of the molecule is C[C@H]1CCC2(I)CCC12. The second-order valence-electron chi connectivity index (χ2n) is 3.70. The zero-order chi connectivity index (χ0) is 6.48. The minimum absolute atomic E-state index is 0.775. The van der Waals surface area contributed by atoms with Gasteiger partial charge in [-0.2, -0.15) is 0 Å². The van der Waals surface area contributed by atoms with Gasteiger partial charge in [-0.15, -0.1) is 0 Å². The number of fused-ring (bicyclic) bond motifs is 1. The van der Waals surface area contributed by atoms with Crippen molar-refractivity contribution < 1.29 is 0 Å². The summed E-state index contributed by atoms with van der Waals surface area (Å²) in [6.07, 6.45) is 6.01. The molecular formula is C8H13I. The van der Waals surface area contributed by atoms with Gasteiger partial charge < -0.3 is 0 Å². The molecule has 0 aromatic rings. The molecule has 2 fully saturated rings. The number of hydrogen-bond acceptors (Lipinski definition) is 0. The van der Waals surface area contributed by atoms with Crippen LogP contribution in [0.4, 0.5) is 0 Å². The van der Waals surface area contributed by atoms with Crippen LogP contribution in [-0.4, -0.2) is 3.42 Å². The van der Waals surface area contributed by atoms with Crippen LogP contribution in [0.3, 0.4) is 0 Å². The fourth-order valence-corrected chi connectivity index (χ4v) is 3.95. The molecule has 52 valence electrons. The maximum atomic E-state index is 2.69. The van der Waals surface area contributed by atoms with Gasteiger partial charge in [0, 0.05) is 3.42 Å². The molecule has 0 saturated heterocycles. The molecule has 1 heteroatoms. The highest BCUT2D eigenvalue weighted by Gasteiger charge is 2.51. The van der Waals surface area contributed by atoms with Gasteiger partial charge in [0.05, 0.1) is 0 Å². The minimum atomic E-state index is 0.775. The van der Waals surface area contributed by atoms with Crippen molar-refractivity contribution in [2.75, 3.05) is 0 Å². The highest BCUT2D eigenvalue weighted by molar-refractivity contribution is 14.1. The Morgan fingerprint density at radius 1 is 1.33 bits per heavy atom. The fourth-order valence-electron chi connectivity index (χ4n) is 2.40. The molecule has 2 rings (SSSR count). The third-order valence-corrected chi connectivity index (χ3v) is 5.12. The van der Waals surface area contributed by atoms with E-state index >= 15 is 0 Å². The van der Waals surface area contributed by atoms with Crippen molar-refractivity contribution in [2.45, 2.75) is 36.0 Å². The summed E-state index contributed by atoms with van der Waals surface area (Å²) in [6.45, 7) is 2.42. The van der Waals surface area contributed by atoms with Crippen molar-refractivity contribution in [3.8, 4) is 0 Å². The van der Waals surface area contributed by atoms with Crippen LogP contribution in [0.1, 0.15) is 32.6 Å². The lowest BCUT2D eigenvalue weighted by molar-refractivity contribution is 0.229. The van der Waals surface area contributed by atoms with Crippen molar-refractivity contribution in [1.29, 1.82) is 0 Å². The number of rotatable bonds is 0. The van der Waals surface area contributed by atoms with Crippen LogP contribution in [0.2, 0.25) is 0 Å². The van der Waals surface area contributed by atoms with Crippen LogP contribution in [0.15, 0.2) is 0 Å². The molecule has 2 saturated carbocycles. The van der Waals surface area contributed by atoms with Gasteiger partial charge in [0.1, 0.15) is 0 Å². The standard InChI is InChI=1S/C8H13I/c1-6-2-4-8(9)5-3-7(6)8/h6-7H,2-5H2,1H3/t6-,7?,8?/m0/s1. The monoisotopic (exact) mass is 236 g/mol. The molecule has 9 heavy (non-hydrogen) atoms. The lowest BCUT2D eigenvalue weighted by Gasteiger charge is -2.42. The van der Waals surface area contributed by atoms with E-state index in [1.165, 1.54) is 25.7 Å². The summed E-state index contributed by atoms with van der Waals surface area (Å²) >= 11 is 2.69. The summed E-state index contributed by atoms with van der Waals surface area (Å²) < 4.78 is 0.775. The van der Waals surface area contributed by atoms with Crippen LogP contribution in [0.5, 0.6) is 0 Å². The Morgan fingerprint density at radius 3 is 2.22 bits per heavy atom. The molecular weight excluding hydrogens is 223 g/mol. The first-order chi connectivity index (χ1) is 4.22. The molecule has 0 aromatic heterocycles. The quantitative estimate of drug-likeness (QED) is 0.448. The van der Waals surface area contributed by atoms with Gasteiger partial charge in [0.25, 0.3) is 0 Å². The predicted molar refractivity (Wildman–Crippen MR) is 47.9 cm³/mol. The number of hydrogen-bond donors (Lipinski definition) is 0. The first kappa shape index (κ1) is 6.44. The van der Waals surface area contributed by atoms with E-state index in [0.29, 0.717) is 0 Å². The lowest BCUT2D eigenvalue weighted by atomic mass is 9.73. The molecule has 0 aliphatic heterocycles. The molecule has 0 radical (unpaired) electrons. The Labute approximate surface area is 70.5 Å².